The molecule has 8 heteroatoms. The number of aryl methyl sites for hydroxylation is 1. The van der Waals surface area contributed by atoms with Gasteiger partial charge in [0.25, 0.3) is 5.88 Å². The Hall–Kier alpha value is -2.48. The van der Waals surface area contributed by atoms with Crippen molar-refractivity contribution in [2.24, 2.45) is 0 Å². The Kier molecular flexibility index (Phi) is 4.18. The summed E-state index contributed by atoms with van der Waals surface area (Å²) in [6.07, 6.45) is 0. The standard InChI is InChI=1S/C13H9BrN2O5/c1-7-2-5-10(16(19)20)12(15-7)21-11-6-8(14)3-4-9(11)13(17)18/h2-6H,1H3,(H,17,18). The third-order valence-electron chi connectivity index (χ3n) is 2.56. The lowest BCUT2D eigenvalue weighted by atomic mass is 10.2. The van der Waals surface area contributed by atoms with Crippen molar-refractivity contribution in [1.82, 2.24) is 4.98 Å². The second kappa shape index (κ2) is 5.88. The maximum absolute atomic E-state index is 11.2. The molecule has 1 N–H and O–H groups in total. The van der Waals surface area contributed by atoms with Gasteiger partial charge in [0.1, 0.15) is 11.3 Å². The van der Waals surface area contributed by atoms with Crippen LogP contribution in [0.15, 0.2) is 34.8 Å². The number of nitrogens with zero attached hydrogens (tertiary/aromatic N) is 2. The van der Waals surface area contributed by atoms with Crippen molar-refractivity contribution < 1.29 is 19.6 Å². The van der Waals surface area contributed by atoms with Crippen LogP contribution >= 0.6 is 15.9 Å². The molecule has 108 valence electrons. The van der Waals surface area contributed by atoms with Gasteiger partial charge < -0.3 is 9.84 Å². The highest BCUT2D eigenvalue weighted by molar-refractivity contribution is 9.10. The molecule has 2 rings (SSSR count). The largest absolute Gasteiger partial charge is 0.478 e. The summed E-state index contributed by atoms with van der Waals surface area (Å²) in [6.45, 7) is 1.65. The average Bonchev–Trinajstić information content (AvgIpc) is 2.38. The number of carbonyl (C=O) groups is 1. The summed E-state index contributed by atoms with van der Waals surface area (Å²) < 4.78 is 5.94. The fourth-order valence-corrected chi connectivity index (χ4v) is 1.94. The molecule has 0 bridgehead atoms. The van der Waals surface area contributed by atoms with E-state index in [4.69, 9.17) is 9.84 Å². The summed E-state index contributed by atoms with van der Waals surface area (Å²) in [7, 11) is 0. The van der Waals surface area contributed by atoms with E-state index < -0.39 is 10.9 Å². The highest BCUT2D eigenvalue weighted by Gasteiger charge is 2.20. The molecule has 0 aliphatic rings. The molecule has 0 saturated heterocycles. The minimum Gasteiger partial charge on any atom is -0.478 e. The number of hydrogen-bond acceptors (Lipinski definition) is 5. The van der Waals surface area contributed by atoms with Crippen molar-refractivity contribution >= 4 is 27.6 Å². The van der Waals surface area contributed by atoms with Crippen LogP contribution in [0, 0.1) is 17.0 Å². The van der Waals surface area contributed by atoms with Gasteiger partial charge in [0.2, 0.25) is 0 Å². The molecule has 0 fully saturated rings. The Morgan fingerprint density at radius 2 is 2.10 bits per heavy atom. The number of carboxylic acids is 1. The average molecular weight is 353 g/mol. The van der Waals surface area contributed by atoms with Crippen molar-refractivity contribution in [3.05, 3.63) is 56.2 Å². The molecule has 7 nitrogen and oxygen atoms in total. The number of halogens is 1. The second-order valence-corrected chi connectivity index (χ2v) is 5.00. The molecule has 0 aliphatic heterocycles. The van der Waals surface area contributed by atoms with E-state index in [1.807, 2.05) is 0 Å². The van der Waals surface area contributed by atoms with E-state index in [0.717, 1.165) is 0 Å². The number of rotatable bonds is 4. The van der Waals surface area contributed by atoms with E-state index in [1.54, 1.807) is 6.92 Å². The molecule has 0 amide bonds. The van der Waals surface area contributed by atoms with Gasteiger partial charge in [-0.3, -0.25) is 10.1 Å². The van der Waals surface area contributed by atoms with Gasteiger partial charge >= 0.3 is 11.7 Å². The van der Waals surface area contributed by atoms with Crippen LogP contribution in [0.1, 0.15) is 16.1 Å². The summed E-state index contributed by atoms with van der Waals surface area (Å²) in [5, 5.41) is 20.1. The molecule has 0 atom stereocenters. The van der Waals surface area contributed by atoms with Crippen LogP contribution in [0.2, 0.25) is 0 Å². The molecular formula is C13H9BrN2O5. The van der Waals surface area contributed by atoms with E-state index in [0.29, 0.717) is 10.2 Å². The van der Waals surface area contributed by atoms with Gasteiger partial charge in [0, 0.05) is 16.2 Å². The SMILES string of the molecule is Cc1ccc([N+](=O)[O-])c(Oc2cc(Br)ccc2C(=O)O)n1. The molecule has 0 spiro atoms. The van der Waals surface area contributed by atoms with E-state index in [-0.39, 0.29) is 22.9 Å². The van der Waals surface area contributed by atoms with Crippen molar-refractivity contribution in [3.63, 3.8) is 0 Å². The highest BCUT2D eigenvalue weighted by atomic mass is 79.9. The second-order valence-electron chi connectivity index (χ2n) is 4.08. The van der Waals surface area contributed by atoms with Gasteiger partial charge in [-0.05, 0) is 31.2 Å². The summed E-state index contributed by atoms with van der Waals surface area (Å²) in [6, 6.07) is 7.02. The first-order chi connectivity index (χ1) is 9.88. The maximum atomic E-state index is 11.2. The van der Waals surface area contributed by atoms with Crippen LogP contribution in [0.4, 0.5) is 5.69 Å². The van der Waals surface area contributed by atoms with Crippen molar-refractivity contribution in [2.45, 2.75) is 6.92 Å². The van der Waals surface area contributed by atoms with E-state index in [9.17, 15) is 14.9 Å². The molecule has 1 aromatic heterocycles. The van der Waals surface area contributed by atoms with Gasteiger partial charge in [0.05, 0.1) is 4.92 Å². The molecule has 21 heavy (non-hydrogen) atoms. The van der Waals surface area contributed by atoms with E-state index in [1.165, 1.54) is 30.3 Å². The number of benzene rings is 1. The number of hydrogen-bond donors (Lipinski definition) is 1. The van der Waals surface area contributed by atoms with Crippen LogP contribution in [0.5, 0.6) is 11.6 Å². The number of ether oxygens (including phenoxy) is 1. The lowest BCUT2D eigenvalue weighted by molar-refractivity contribution is -0.386. The summed E-state index contributed by atoms with van der Waals surface area (Å²) in [5.74, 6) is -1.48. The Labute approximate surface area is 127 Å². The van der Waals surface area contributed by atoms with Gasteiger partial charge in [-0.1, -0.05) is 15.9 Å². The van der Waals surface area contributed by atoms with Gasteiger partial charge in [-0.2, -0.15) is 0 Å². The van der Waals surface area contributed by atoms with E-state index >= 15 is 0 Å². The number of aromatic nitrogens is 1. The van der Waals surface area contributed by atoms with Gasteiger partial charge in [0.15, 0.2) is 0 Å². The third kappa shape index (κ3) is 3.34. The molecule has 2 aromatic rings. The predicted molar refractivity (Wildman–Crippen MR) is 76.8 cm³/mol. The van der Waals surface area contributed by atoms with Crippen LogP contribution in [0.3, 0.4) is 0 Å². The predicted octanol–water partition coefficient (Wildman–Crippen LogP) is 3.55. The van der Waals surface area contributed by atoms with E-state index in [2.05, 4.69) is 20.9 Å². The quantitative estimate of drug-likeness (QED) is 0.666. The Morgan fingerprint density at radius 3 is 2.71 bits per heavy atom. The molecule has 0 aliphatic carbocycles. The smallest absolute Gasteiger partial charge is 0.339 e. The normalized spacial score (nSPS) is 10.2. The van der Waals surface area contributed by atoms with Crippen LogP contribution in [-0.2, 0) is 0 Å². The minimum atomic E-state index is -1.20. The maximum Gasteiger partial charge on any atom is 0.339 e. The Balaban J connectivity index is 2.52. The molecule has 1 aromatic carbocycles. The zero-order valence-corrected chi connectivity index (χ0v) is 12.3. The summed E-state index contributed by atoms with van der Waals surface area (Å²) in [5.41, 5.74) is 0.0650. The first kappa shape index (κ1) is 14.9. The Bertz CT molecular complexity index is 671. The van der Waals surface area contributed by atoms with Crippen LogP contribution < -0.4 is 4.74 Å². The van der Waals surface area contributed by atoms with Crippen molar-refractivity contribution in [1.29, 1.82) is 0 Å². The fourth-order valence-electron chi connectivity index (χ4n) is 1.60. The zero-order chi connectivity index (χ0) is 15.6. The van der Waals surface area contributed by atoms with Gasteiger partial charge in [-0.25, -0.2) is 9.78 Å². The van der Waals surface area contributed by atoms with Crippen LogP contribution in [-0.4, -0.2) is 21.0 Å². The molecule has 0 saturated carbocycles. The molecule has 1 heterocycles. The summed E-state index contributed by atoms with van der Waals surface area (Å²) >= 11 is 3.19. The summed E-state index contributed by atoms with van der Waals surface area (Å²) in [4.78, 5) is 25.4. The molecule has 0 radical (unpaired) electrons. The number of nitro groups is 1. The van der Waals surface area contributed by atoms with Crippen LogP contribution in [0.25, 0.3) is 0 Å². The monoisotopic (exact) mass is 352 g/mol. The number of aromatic carboxylic acids is 1. The first-order valence-corrected chi connectivity index (χ1v) is 6.50. The number of pyridine rings is 1. The lowest BCUT2D eigenvalue weighted by Crippen LogP contribution is -2.02. The fraction of sp³-hybridized carbons (Fsp3) is 0.0769. The molecule has 0 unspecified atom stereocenters. The van der Waals surface area contributed by atoms with Crippen molar-refractivity contribution in [3.8, 4) is 11.6 Å². The lowest BCUT2D eigenvalue weighted by Gasteiger charge is -2.09. The first-order valence-electron chi connectivity index (χ1n) is 5.71. The number of carboxylic acid groups (broad SMARTS) is 1. The molecular weight excluding hydrogens is 344 g/mol. The minimum absolute atomic E-state index is 0.0296. The third-order valence-corrected chi connectivity index (χ3v) is 3.05. The highest BCUT2D eigenvalue weighted by Crippen LogP contribution is 2.33. The topological polar surface area (TPSA) is 103 Å². The van der Waals surface area contributed by atoms with Crippen molar-refractivity contribution in [2.75, 3.05) is 0 Å². The zero-order valence-electron chi connectivity index (χ0n) is 10.7. The van der Waals surface area contributed by atoms with Gasteiger partial charge in [-0.15, -0.1) is 0 Å². The Morgan fingerprint density at radius 1 is 1.38 bits per heavy atom.